The minimum atomic E-state index is -0.788. The minimum Gasteiger partial charge on any atom is -0.444 e. The van der Waals surface area contributed by atoms with E-state index in [2.05, 4.69) is 6.58 Å². The first-order valence-corrected chi connectivity index (χ1v) is 6.57. The summed E-state index contributed by atoms with van der Waals surface area (Å²) in [4.78, 5) is 13.6. The molecule has 1 N–H and O–H groups in total. The molecule has 0 saturated carbocycles. The van der Waals surface area contributed by atoms with Crippen molar-refractivity contribution in [1.29, 1.82) is 0 Å². The number of rotatable bonds is 3. The van der Waals surface area contributed by atoms with E-state index >= 15 is 0 Å². The lowest BCUT2D eigenvalue weighted by molar-refractivity contribution is -0.0466. The molecule has 104 valence electrons. The molecule has 4 nitrogen and oxygen atoms in total. The van der Waals surface area contributed by atoms with E-state index in [0.29, 0.717) is 19.5 Å². The van der Waals surface area contributed by atoms with Gasteiger partial charge in [0.05, 0.1) is 12.1 Å². The van der Waals surface area contributed by atoms with Crippen molar-refractivity contribution in [3.63, 3.8) is 0 Å². The van der Waals surface area contributed by atoms with Gasteiger partial charge in [-0.1, -0.05) is 6.08 Å². The van der Waals surface area contributed by atoms with E-state index in [0.717, 1.165) is 19.3 Å². The number of hydrogen-bond acceptors (Lipinski definition) is 3. The second-order valence-electron chi connectivity index (χ2n) is 6.06. The molecule has 1 atom stereocenters. The van der Waals surface area contributed by atoms with E-state index in [1.807, 2.05) is 20.8 Å². The van der Waals surface area contributed by atoms with Gasteiger partial charge < -0.3 is 14.7 Å². The number of likely N-dealkylation sites (tertiary alicyclic amines) is 1. The Hall–Kier alpha value is -1.03. The van der Waals surface area contributed by atoms with E-state index in [9.17, 15) is 9.90 Å². The molecule has 1 rings (SSSR count). The van der Waals surface area contributed by atoms with Crippen molar-refractivity contribution in [2.75, 3.05) is 13.1 Å². The zero-order valence-electron chi connectivity index (χ0n) is 11.7. The van der Waals surface area contributed by atoms with Crippen LogP contribution < -0.4 is 0 Å². The number of allylic oxidation sites excluding steroid dienone is 1. The van der Waals surface area contributed by atoms with Gasteiger partial charge in [-0.2, -0.15) is 0 Å². The number of nitrogens with zero attached hydrogens (tertiary/aromatic N) is 1. The number of aliphatic hydroxyl groups is 1. The summed E-state index contributed by atoms with van der Waals surface area (Å²) in [6.07, 6.45) is 4.42. The fraction of sp³-hybridized carbons (Fsp3) is 0.786. The summed E-state index contributed by atoms with van der Waals surface area (Å²) >= 11 is 0. The predicted octanol–water partition coefficient (Wildman–Crippen LogP) is 2.71. The molecule has 1 saturated heterocycles. The van der Waals surface area contributed by atoms with Crippen molar-refractivity contribution < 1.29 is 14.6 Å². The Bertz CT molecular complexity index is 309. The van der Waals surface area contributed by atoms with Crippen molar-refractivity contribution in [2.24, 2.45) is 0 Å². The Kier molecular flexibility index (Phi) is 4.79. The van der Waals surface area contributed by atoms with Gasteiger partial charge in [-0.25, -0.2) is 4.79 Å². The lowest BCUT2D eigenvalue weighted by Crippen LogP contribution is -2.51. The summed E-state index contributed by atoms with van der Waals surface area (Å²) in [5.74, 6) is 0. The quantitative estimate of drug-likeness (QED) is 0.789. The van der Waals surface area contributed by atoms with E-state index in [1.54, 1.807) is 11.0 Å². The topological polar surface area (TPSA) is 49.8 Å². The molecule has 1 amide bonds. The van der Waals surface area contributed by atoms with E-state index in [-0.39, 0.29) is 6.09 Å². The average molecular weight is 255 g/mol. The fourth-order valence-electron chi connectivity index (χ4n) is 2.17. The molecule has 0 aromatic heterocycles. The van der Waals surface area contributed by atoms with Gasteiger partial charge in [-0.3, -0.25) is 0 Å². The smallest absolute Gasteiger partial charge is 0.410 e. The molecule has 1 aliphatic rings. The van der Waals surface area contributed by atoms with Crippen LogP contribution in [0, 0.1) is 0 Å². The van der Waals surface area contributed by atoms with Gasteiger partial charge in [0.25, 0.3) is 0 Å². The first kappa shape index (κ1) is 15.0. The van der Waals surface area contributed by atoms with Gasteiger partial charge in [0.15, 0.2) is 0 Å². The Morgan fingerprint density at radius 3 is 2.78 bits per heavy atom. The van der Waals surface area contributed by atoms with Crippen LogP contribution in [0.2, 0.25) is 0 Å². The number of β-amino-alcohol motifs (C(OH)–C–C–N with tert-alkyl or cyclic N) is 1. The summed E-state index contributed by atoms with van der Waals surface area (Å²) < 4.78 is 5.33. The number of amides is 1. The van der Waals surface area contributed by atoms with Crippen LogP contribution in [0.1, 0.15) is 46.5 Å². The van der Waals surface area contributed by atoms with Gasteiger partial charge in [-0.05, 0) is 46.5 Å². The molecular formula is C14H25NO3. The summed E-state index contributed by atoms with van der Waals surface area (Å²) in [7, 11) is 0. The van der Waals surface area contributed by atoms with Crippen LogP contribution in [-0.4, -0.2) is 40.4 Å². The van der Waals surface area contributed by atoms with Crippen LogP contribution in [0.3, 0.4) is 0 Å². The van der Waals surface area contributed by atoms with Crippen LogP contribution in [0.15, 0.2) is 12.7 Å². The highest BCUT2D eigenvalue weighted by atomic mass is 16.6. The number of ether oxygens (including phenoxy) is 1. The Labute approximate surface area is 110 Å². The third-order valence-corrected chi connectivity index (χ3v) is 3.02. The van der Waals surface area contributed by atoms with Crippen LogP contribution in [0.5, 0.6) is 0 Å². The summed E-state index contributed by atoms with van der Waals surface area (Å²) in [6.45, 7) is 10.2. The van der Waals surface area contributed by atoms with Crippen molar-refractivity contribution in [3.8, 4) is 0 Å². The molecule has 18 heavy (non-hydrogen) atoms. The van der Waals surface area contributed by atoms with E-state index in [4.69, 9.17) is 4.74 Å². The molecule has 1 unspecified atom stereocenters. The molecule has 1 heterocycles. The predicted molar refractivity (Wildman–Crippen MR) is 71.4 cm³/mol. The Morgan fingerprint density at radius 2 is 2.22 bits per heavy atom. The normalized spacial score (nSPS) is 24.8. The van der Waals surface area contributed by atoms with E-state index in [1.165, 1.54) is 0 Å². The molecule has 0 aromatic carbocycles. The molecule has 4 heteroatoms. The number of piperidine rings is 1. The van der Waals surface area contributed by atoms with Crippen LogP contribution in [-0.2, 0) is 4.74 Å². The summed E-state index contributed by atoms with van der Waals surface area (Å²) in [6, 6.07) is 0. The lowest BCUT2D eigenvalue weighted by Gasteiger charge is -2.39. The maximum Gasteiger partial charge on any atom is 0.410 e. The Balaban J connectivity index is 2.57. The molecule has 1 aliphatic heterocycles. The number of carbonyl (C=O) groups excluding carboxylic acids is 1. The zero-order valence-corrected chi connectivity index (χ0v) is 11.7. The van der Waals surface area contributed by atoms with Gasteiger partial charge in [-0.15, -0.1) is 6.58 Å². The SMILES string of the molecule is C=CCCC1(O)CCCN(C(=O)OC(C)(C)C)C1. The summed E-state index contributed by atoms with van der Waals surface area (Å²) in [5.41, 5.74) is -1.28. The highest BCUT2D eigenvalue weighted by molar-refractivity contribution is 5.68. The van der Waals surface area contributed by atoms with Crippen LogP contribution in [0.25, 0.3) is 0 Å². The maximum atomic E-state index is 11.9. The molecule has 0 aromatic rings. The highest BCUT2D eigenvalue weighted by Crippen LogP contribution is 2.27. The van der Waals surface area contributed by atoms with Crippen molar-refractivity contribution in [2.45, 2.75) is 57.7 Å². The first-order valence-electron chi connectivity index (χ1n) is 6.57. The monoisotopic (exact) mass is 255 g/mol. The Morgan fingerprint density at radius 1 is 1.56 bits per heavy atom. The largest absolute Gasteiger partial charge is 0.444 e. The van der Waals surface area contributed by atoms with Gasteiger partial charge in [0, 0.05) is 6.54 Å². The van der Waals surface area contributed by atoms with Crippen LogP contribution in [0.4, 0.5) is 4.79 Å². The third kappa shape index (κ3) is 4.69. The fourth-order valence-corrected chi connectivity index (χ4v) is 2.17. The second-order valence-corrected chi connectivity index (χ2v) is 6.06. The molecule has 0 aliphatic carbocycles. The molecule has 0 radical (unpaired) electrons. The zero-order chi connectivity index (χ0) is 13.8. The standard InChI is InChI=1S/C14H25NO3/c1-5-6-8-14(17)9-7-10-15(11-14)12(16)18-13(2,3)4/h5,17H,1,6-11H2,2-4H3. The van der Waals surface area contributed by atoms with E-state index < -0.39 is 11.2 Å². The third-order valence-electron chi connectivity index (χ3n) is 3.02. The lowest BCUT2D eigenvalue weighted by atomic mass is 9.88. The van der Waals surface area contributed by atoms with Crippen molar-refractivity contribution >= 4 is 6.09 Å². The maximum absolute atomic E-state index is 11.9. The molecule has 0 spiro atoms. The first-order chi connectivity index (χ1) is 8.26. The van der Waals surface area contributed by atoms with Crippen LogP contribution >= 0.6 is 0 Å². The minimum absolute atomic E-state index is 0.334. The van der Waals surface area contributed by atoms with Crippen molar-refractivity contribution in [1.82, 2.24) is 4.90 Å². The molecule has 1 fully saturated rings. The molecule has 0 bridgehead atoms. The van der Waals surface area contributed by atoms with Gasteiger partial charge in [0.1, 0.15) is 5.60 Å². The highest BCUT2D eigenvalue weighted by Gasteiger charge is 2.36. The van der Waals surface area contributed by atoms with Gasteiger partial charge in [0.2, 0.25) is 0 Å². The van der Waals surface area contributed by atoms with Gasteiger partial charge >= 0.3 is 6.09 Å². The number of hydrogen-bond donors (Lipinski definition) is 1. The second kappa shape index (κ2) is 5.74. The van der Waals surface area contributed by atoms with Crippen molar-refractivity contribution in [3.05, 3.63) is 12.7 Å². The summed E-state index contributed by atoms with van der Waals surface area (Å²) in [5, 5.41) is 10.4. The molecular weight excluding hydrogens is 230 g/mol. The number of carbonyl (C=O) groups is 1. The average Bonchev–Trinajstić information content (AvgIpc) is 2.24.